The molecule has 0 aliphatic rings. The molecule has 2 rings (SSSR count). The van der Waals surface area contributed by atoms with Crippen LogP contribution in [0.3, 0.4) is 0 Å². The fourth-order valence-corrected chi connectivity index (χ4v) is 3.81. The van der Waals surface area contributed by atoms with E-state index in [9.17, 15) is 13.2 Å². The van der Waals surface area contributed by atoms with Gasteiger partial charge in [-0.25, -0.2) is 15.0 Å². The number of rotatable bonds is 6. The van der Waals surface area contributed by atoms with Gasteiger partial charge in [-0.1, -0.05) is 20.8 Å². The van der Waals surface area contributed by atoms with E-state index in [1.165, 1.54) is 0 Å². The van der Waals surface area contributed by atoms with Crippen LogP contribution < -0.4 is 10.6 Å². The average Bonchev–Trinajstić information content (AvgIpc) is 3.21. The molecule has 150 valence electrons. The first kappa shape index (κ1) is 21.6. The van der Waals surface area contributed by atoms with Crippen LogP contribution in [-0.2, 0) is 24.6 Å². The zero-order valence-electron chi connectivity index (χ0n) is 15.8. The molecule has 0 aliphatic heterocycles. The van der Waals surface area contributed by atoms with Crippen LogP contribution in [0.4, 0.5) is 13.2 Å². The van der Waals surface area contributed by atoms with Gasteiger partial charge in [0, 0.05) is 35.7 Å². The fraction of sp³-hybridized carbons (Fsp3) is 0.588. The number of aliphatic imine (C=N–C) groups is 1. The number of thiazole rings is 2. The maximum absolute atomic E-state index is 12.6. The van der Waals surface area contributed by atoms with Crippen LogP contribution in [-0.4, -0.2) is 29.0 Å². The van der Waals surface area contributed by atoms with Gasteiger partial charge in [0.2, 0.25) is 0 Å². The molecule has 27 heavy (non-hydrogen) atoms. The lowest BCUT2D eigenvalue weighted by Gasteiger charge is -2.14. The molecule has 2 N–H and O–H groups in total. The summed E-state index contributed by atoms with van der Waals surface area (Å²) in [6.45, 7) is 9.88. The number of hydrogen-bond acceptors (Lipinski definition) is 5. The normalized spacial score (nSPS) is 13.1. The van der Waals surface area contributed by atoms with Gasteiger partial charge in [-0.05, 0) is 6.92 Å². The number of aromatic nitrogens is 2. The van der Waals surface area contributed by atoms with Crippen molar-refractivity contribution in [1.82, 2.24) is 20.6 Å². The predicted molar refractivity (Wildman–Crippen MR) is 104 cm³/mol. The second-order valence-electron chi connectivity index (χ2n) is 6.87. The number of hydrogen-bond donors (Lipinski definition) is 2. The first-order chi connectivity index (χ1) is 12.6. The molecule has 2 aromatic heterocycles. The molecule has 0 bridgehead atoms. The molecular formula is C17H24F3N5S2. The van der Waals surface area contributed by atoms with Crippen LogP contribution >= 0.6 is 22.7 Å². The lowest BCUT2D eigenvalue weighted by Crippen LogP contribution is -2.38. The summed E-state index contributed by atoms with van der Waals surface area (Å²) in [6, 6.07) is 0. The quantitative estimate of drug-likeness (QED) is 0.544. The van der Waals surface area contributed by atoms with E-state index in [1.54, 1.807) is 11.3 Å². The molecule has 2 heterocycles. The SMILES string of the molecule is CCNC(=NCc1nc(C(C)(C)C)cs1)NCCc1nc(C(F)(F)F)cs1. The van der Waals surface area contributed by atoms with E-state index >= 15 is 0 Å². The summed E-state index contributed by atoms with van der Waals surface area (Å²) in [5.74, 6) is 0.609. The molecule has 10 heteroatoms. The Morgan fingerprint density at radius 2 is 1.67 bits per heavy atom. The molecule has 0 aromatic carbocycles. The van der Waals surface area contributed by atoms with Gasteiger partial charge < -0.3 is 10.6 Å². The van der Waals surface area contributed by atoms with Crippen molar-refractivity contribution >= 4 is 28.6 Å². The minimum atomic E-state index is -4.39. The number of halogens is 3. The van der Waals surface area contributed by atoms with Gasteiger partial charge in [0.1, 0.15) is 5.01 Å². The topological polar surface area (TPSA) is 62.2 Å². The number of guanidine groups is 1. The van der Waals surface area contributed by atoms with Crippen LogP contribution in [0.15, 0.2) is 15.8 Å². The highest BCUT2D eigenvalue weighted by molar-refractivity contribution is 7.09. The molecule has 0 saturated carbocycles. The van der Waals surface area contributed by atoms with Crippen LogP contribution in [0, 0.1) is 0 Å². The van der Waals surface area contributed by atoms with E-state index in [2.05, 4.69) is 46.4 Å². The minimum Gasteiger partial charge on any atom is -0.357 e. The van der Waals surface area contributed by atoms with Gasteiger partial charge in [0.15, 0.2) is 11.7 Å². The molecule has 0 unspecified atom stereocenters. The molecule has 0 fully saturated rings. The highest BCUT2D eigenvalue weighted by Crippen LogP contribution is 2.30. The third kappa shape index (κ3) is 6.76. The van der Waals surface area contributed by atoms with Gasteiger partial charge in [-0.15, -0.1) is 22.7 Å². The zero-order valence-corrected chi connectivity index (χ0v) is 17.4. The molecule has 0 radical (unpaired) electrons. The number of nitrogens with one attached hydrogen (secondary N) is 2. The summed E-state index contributed by atoms with van der Waals surface area (Å²) in [4.78, 5) is 12.7. The van der Waals surface area contributed by atoms with E-state index in [4.69, 9.17) is 0 Å². The highest BCUT2D eigenvalue weighted by atomic mass is 32.1. The van der Waals surface area contributed by atoms with Gasteiger partial charge in [0.05, 0.1) is 17.2 Å². The lowest BCUT2D eigenvalue weighted by molar-refractivity contribution is -0.140. The van der Waals surface area contributed by atoms with Crippen molar-refractivity contribution < 1.29 is 13.2 Å². The molecule has 2 aromatic rings. The Labute approximate surface area is 165 Å². The van der Waals surface area contributed by atoms with Crippen molar-refractivity contribution in [2.24, 2.45) is 4.99 Å². The Morgan fingerprint density at radius 3 is 2.22 bits per heavy atom. The molecule has 0 saturated heterocycles. The van der Waals surface area contributed by atoms with Crippen molar-refractivity contribution in [3.63, 3.8) is 0 Å². The average molecular weight is 420 g/mol. The summed E-state index contributed by atoms with van der Waals surface area (Å²) in [5, 5.41) is 10.7. The summed E-state index contributed by atoms with van der Waals surface area (Å²) >= 11 is 2.59. The van der Waals surface area contributed by atoms with Crippen molar-refractivity contribution in [1.29, 1.82) is 0 Å². The van der Waals surface area contributed by atoms with E-state index in [0.29, 0.717) is 37.0 Å². The van der Waals surface area contributed by atoms with Crippen molar-refractivity contribution in [2.45, 2.75) is 52.3 Å². The highest BCUT2D eigenvalue weighted by Gasteiger charge is 2.33. The molecule has 0 atom stereocenters. The minimum absolute atomic E-state index is 0.00416. The summed E-state index contributed by atoms with van der Waals surface area (Å²) in [7, 11) is 0. The van der Waals surface area contributed by atoms with Crippen LogP contribution in [0.1, 0.15) is 49.1 Å². The Morgan fingerprint density at radius 1 is 1.04 bits per heavy atom. The Bertz CT molecular complexity index is 759. The van der Waals surface area contributed by atoms with E-state index in [1.807, 2.05) is 12.3 Å². The van der Waals surface area contributed by atoms with Gasteiger partial charge in [-0.2, -0.15) is 13.2 Å². The lowest BCUT2D eigenvalue weighted by atomic mass is 9.93. The Balaban J connectivity index is 1.90. The molecule has 0 amide bonds. The summed E-state index contributed by atoms with van der Waals surface area (Å²) < 4.78 is 37.8. The van der Waals surface area contributed by atoms with Gasteiger partial charge in [0.25, 0.3) is 0 Å². The van der Waals surface area contributed by atoms with Crippen molar-refractivity contribution in [3.8, 4) is 0 Å². The third-order valence-corrected chi connectivity index (χ3v) is 5.25. The van der Waals surface area contributed by atoms with E-state index in [-0.39, 0.29) is 5.41 Å². The molecule has 0 spiro atoms. The third-order valence-electron chi connectivity index (χ3n) is 3.51. The first-order valence-corrected chi connectivity index (χ1v) is 10.3. The van der Waals surface area contributed by atoms with Gasteiger partial charge in [-0.3, -0.25) is 0 Å². The summed E-state index contributed by atoms with van der Waals surface area (Å²) in [5.41, 5.74) is 0.214. The monoisotopic (exact) mass is 419 g/mol. The largest absolute Gasteiger partial charge is 0.434 e. The maximum atomic E-state index is 12.6. The fourth-order valence-electron chi connectivity index (χ4n) is 2.06. The summed E-state index contributed by atoms with van der Waals surface area (Å²) in [6.07, 6.45) is -3.99. The standard InChI is InChI=1S/C17H24F3N5S2/c1-5-21-15(23-8-14-24-11(9-27-14)16(2,3)4)22-7-6-13-25-12(10-26-13)17(18,19)20/h9-10H,5-8H2,1-4H3,(H2,21,22,23). The Hall–Kier alpha value is -1.68. The van der Waals surface area contributed by atoms with E-state index < -0.39 is 11.9 Å². The number of alkyl halides is 3. The smallest absolute Gasteiger partial charge is 0.357 e. The van der Waals surface area contributed by atoms with Crippen LogP contribution in [0.2, 0.25) is 0 Å². The zero-order chi connectivity index (χ0) is 20.1. The molecule has 5 nitrogen and oxygen atoms in total. The molecular weight excluding hydrogens is 395 g/mol. The maximum Gasteiger partial charge on any atom is 0.434 e. The molecule has 0 aliphatic carbocycles. The number of nitrogens with zero attached hydrogens (tertiary/aromatic N) is 3. The van der Waals surface area contributed by atoms with Crippen LogP contribution in [0.5, 0.6) is 0 Å². The second-order valence-corrected chi connectivity index (χ2v) is 8.76. The van der Waals surface area contributed by atoms with Crippen LogP contribution in [0.25, 0.3) is 0 Å². The first-order valence-electron chi connectivity index (χ1n) is 8.58. The predicted octanol–water partition coefficient (Wildman–Crippen LogP) is 4.21. The van der Waals surface area contributed by atoms with Gasteiger partial charge >= 0.3 is 6.18 Å². The Kier molecular flexibility index (Phi) is 7.21. The van der Waals surface area contributed by atoms with E-state index in [0.717, 1.165) is 27.4 Å². The van der Waals surface area contributed by atoms with Crippen molar-refractivity contribution in [3.05, 3.63) is 32.2 Å². The second kappa shape index (κ2) is 9.01. The van der Waals surface area contributed by atoms with Crippen molar-refractivity contribution in [2.75, 3.05) is 13.1 Å².